The van der Waals surface area contributed by atoms with Crippen molar-refractivity contribution in [1.82, 2.24) is 9.47 Å². The SMILES string of the molecule is COc1ccc(-c2cc3c(c(=N)oc4ccc(O)cc43)c(=N)n2CCCN2CCOCC2)cc1. The molecule has 176 valence electrons. The van der Waals surface area contributed by atoms with Crippen LogP contribution in [0.4, 0.5) is 0 Å². The molecule has 1 saturated heterocycles. The van der Waals surface area contributed by atoms with E-state index in [1.165, 1.54) is 6.07 Å². The van der Waals surface area contributed by atoms with Gasteiger partial charge in [-0.2, -0.15) is 0 Å². The molecule has 0 spiro atoms. The molecule has 0 atom stereocenters. The van der Waals surface area contributed by atoms with E-state index in [1.54, 1.807) is 19.2 Å². The Hall–Kier alpha value is -3.62. The van der Waals surface area contributed by atoms with Gasteiger partial charge in [0.1, 0.15) is 22.6 Å². The predicted molar refractivity (Wildman–Crippen MR) is 129 cm³/mol. The maximum absolute atomic E-state index is 10.1. The van der Waals surface area contributed by atoms with Crippen LogP contribution < -0.4 is 15.8 Å². The number of nitrogens with zero attached hydrogens (tertiary/aromatic N) is 2. The van der Waals surface area contributed by atoms with Crippen LogP contribution in [0.3, 0.4) is 0 Å². The molecule has 0 amide bonds. The van der Waals surface area contributed by atoms with Crippen molar-refractivity contribution in [2.24, 2.45) is 0 Å². The molecule has 1 fully saturated rings. The molecule has 3 heterocycles. The van der Waals surface area contributed by atoms with Crippen LogP contribution in [0.15, 0.2) is 52.9 Å². The Labute approximate surface area is 196 Å². The number of hydrogen-bond acceptors (Lipinski definition) is 7. The Morgan fingerprint density at radius 1 is 0.971 bits per heavy atom. The molecule has 5 rings (SSSR count). The highest BCUT2D eigenvalue weighted by Crippen LogP contribution is 2.29. The van der Waals surface area contributed by atoms with Gasteiger partial charge in [0.25, 0.3) is 0 Å². The van der Waals surface area contributed by atoms with E-state index in [-0.39, 0.29) is 16.8 Å². The first-order valence-electron chi connectivity index (χ1n) is 11.4. The molecule has 4 aromatic rings. The minimum absolute atomic E-state index is 0.0543. The summed E-state index contributed by atoms with van der Waals surface area (Å²) in [5.74, 6) is 0.874. The van der Waals surface area contributed by atoms with Crippen molar-refractivity contribution in [3.63, 3.8) is 0 Å². The fourth-order valence-corrected chi connectivity index (χ4v) is 4.60. The Balaban J connectivity index is 1.66. The average Bonchev–Trinajstić information content (AvgIpc) is 2.86. The van der Waals surface area contributed by atoms with E-state index >= 15 is 0 Å². The smallest absolute Gasteiger partial charge is 0.223 e. The van der Waals surface area contributed by atoms with Crippen molar-refractivity contribution < 1.29 is 19.0 Å². The van der Waals surface area contributed by atoms with Gasteiger partial charge in [-0.15, -0.1) is 0 Å². The van der Waals surface area contributed by atoms with Gasteiger partial charge in [-0.05, 0) is 60.5 Å². The Bertz CT molecular complexity index is 1450. The molecule has 0 aliphatic carbocycles. The fourth-order valence-electron chi connectivity index (χ4n) is 4.60. The lowest BCUT2D eigenvalue weighted by Crippen LogP contribution is -2.37. The quantitative estimate of drug-likeness (QED) is 0.382. The van der Waals surface area contributed by atoms with E-state index in [1.807, 2.05) is 34.9 Å². The third-order valence-electron chi connectivity index (χ3n) is 6.39. The number of methoxy groups -OCH3 is 1. The first kappa shape index (κ1) is 22.2. The molecule has 1 aliphatic rings. The van der Waals surface area contributed by atoms with E-state index < -0.39 is 0 Å². The Kier molecular flexibility index (Phi) is 6.08. The van der Waals surface area contributed by atoms with Gasteiger partial charge in [0, 0.05) is 37.0 Å². The summed E-state index contributed by atoms with van der Waals surface area (Å²) < 4.78 is 18.4. The zero-order valence-corrected chi connectivity index (χ0v) is 19.1. The van der Waals surface area contributed by atoms with Crippen LogP contribution in [-0.2, 0) is 11.3 Å². The highest BCUT2D eigenvalue weighted by molar-refractivity contribution is 6.05. The number of morpholine rings is 1. The molecule has 8 nitrogen and oxygen atoms in total. The standard InChI is InChI=1S/C26H28N4O4/c1-32-19-6-3-17(4-7-19)22-16-21-20-15-18(31)5-8-23(20)34-26(28)24(21)25(27)30(22)10-2-9-29-11-13-33-14-12-29/h3-8,15-16,27-28,31H,2,9-14H2,1H3. The van der Waals surface area contributed by atoms with Crippen molar-refractivity contribution in [3.05, 3.63) is 59.6 Å². The molecule has 0 saturated carbocycles. The summed E-state index contributed by atoms with van der Waals surface area (Å²) >= 11 is 0. The van der Waals surface area contributed by atoms with Crippen LogP contribution in [-0.4, -0.2) is 54.5 Å². The Morgan fingerprint density at radius 2 is 1.74 bits per heavy atom. The van der Waals surface area contributed by atoms with Crippen LogP contribution in [0, 0.1) is 10.8 Å². The summed E-state index contributed by atoms with van der Waals surface area (Å²) in [5, 5.41) is 29.5. The maximum atomic E-state index is 10.1. The molecule has 3 N–H and O–H groups in total. The van der Waals surface area contributed by atoms with Crippen molar-refractivity contribution in [1.29, 1.82) is 10.8 Å². The number of benzene rings is 2. The second kappa shape index (κ2) is 9.32. The zero-order chi connectivity index (χ0) is 23.7. The van der Waals surface area contributed by atoms with Gasteiger partial charge in [-0.25, -0.2) is 0 Å². The van der Waals surface area contributed by atoms with Gasteiger partial charge in [-0.3, -0.25) is 15.7 Å². The molecule has 2 aromatic heterocycles. The molecule has 0 unspecified atom stereocenters. The van der Waals surface area contributed by atoms with Gasteiger partial charge >= 0.3 is 0 Å². The number of hydrogen-bond donors (Lipinski definition) is 3. The van der Waals surface area contributed by atoms with Gasteiger partial charge < -0.3 is 23.6 Å². The highest BCUT2D eigenvalue weighted by Gasteiger charge is 2.16. The third kappa shape index (κ3) is 4.18. The number of rotatable bonds is 6. The first-order chi connectivity index (χ1) is 16.5. The van der Waals surface area contributed by atoms with Gasteiger partial charge in [0.2, 0.25) is 5.55 Å². The predicted octanol–water partition coefficient (Wildman–Crippen LogP) is 3.45. The molecule has 0 radical (unpaired) electrons. The van der Waals surface area contributed by atoms with E-state index in [9.17, 15) is 5.11 Å². The van der Waals surface area contributed by atoms with Crippen LogP contribution in [0.1, 0.15) is 6.42 Å². The van der Waals surface area contributed by atoms with E-state index in [0.29, 0.717) is 28.3 Å². The second-order valence-electron chi connectivity index (χ2n) is 8.47. The molecule has 34 heavy (non-hydrogen) atoms. The number of aromatic hydroxyl groups is 1. The van der Waals surface area contributed by atoms with Crippen LogP contribution >= 0.6 is 0 Å². The topological polar surface area (TPSA) is 108 Å². The fraction of sp³-hybridized carbons (Fsp3) is 0.308. The summed E-state index contributed by atoms with van der Waals surface area (Å²) in [4.78, 5) is 2.38. The molecular weight excluding hydrogens is 432 g/mol. The first-order valence-corrected chi connectivity index (χ1v) is 11.4. The van der Waals surface area contributed by atoms with Gasteiger partial charge in [-0.1, -0.05) is 0 Å². The number of phenols is 1. The summed E-state index contributed by atoms with van der Waals surface area (Å²) in [6.07, 6.45) is 0.865. The molecule has 2 aromatic carbocycles. The number of ether oxygens (including phenoxy) is 2. The monoisotopic (exact) mass is 460 g/mol. The second-order valence-corrected chi connectivity index (χ2v) is 8.47. The minimum atomic E-state index is -0.0543. The summed E-state index contributed by atoms with van der Waals surface area (Å²) in [6.45, 7) is 4.91. The van der Waals surface area contributed by atoms with Crippen molar-refractivity contribution >= 4 is 21.7 Å². The lowest BCUT2D eigenvalue weighted by atomic mass is 10.0. The van der Waals surface area contributed by atoms with E-state index in [0.717, 1.165) is 56.3 Å². The summed E-state index contributed by atoms with van der Waals surface area (Å²) in [5.41, 5.74) is 2.49. The van der Waals surface area contributed by atoms with Gasteiger partial charge in [0.05, 0.1) is 31.4 Å². The summed E-state index contributed by atoms with van der Waals surface area (Å²) in [6, 6.07) is 14.6. The molecule has 0 bridgehead atoms. The van der Waals surface area contributed by atoms with Crippen LogP contribution in [0.25, 0.3) is 33.0 Å². The van der Waals surface area contributed by atoms with E-state index in [2.05, 4.69) is 4.90 Å². The largest absolute Gasteiger partial charge is 0.508 e. The summed E-state index contributed by atoms with van der Waals surface area (Å²) in [7, 11) is 1.64. The number of pyridine rings is 1. The van der Waals surface area contributed by atoms with Crippen LogP contribution in [0.2, 0.25) is 0 Å². The lowest BCUT2D eigenvalue weighted by Gasteiger charge is -2.27. The van der Waals surface area contributed by atoms with Crippen molar-refractivity contribution in [2.45, 2.75) is 13.0 Å². The Morgan fingerprint density at radius 3 is 2.47 bits per heavy atom. The average molecular weight is 461 g/mol. The van der Waals surface area contributed by atoms with E-state index in [4.69, 9.17) is 24.7 Å². The number of nitrogens with one attached hydrogen (secondary N) is 2. The maximum Gasteiger partial charge on any atom is 0.223 e. The molecule has 8 heteroatoms. The molecular formula is C26H28N4O4. The zero-order valence-electron chi connectivity index (χ0n) is 19.1. The van der Waals surface area contributed by atoms with Gasteiger partial charge in [0.15, 0.2) is 0 Å². The highest BCUT2D eigenvalue weighted by atomic mass is 16.5. The number of fused-ring (bicyclic) bond motifs is 3. The van der Waals surface area contributed by atoms with Crippen molar-refractivity contribution in [2.75, 3.05) is 40.0 Å². The number of phenolic OH excluding ortho intramolecular Hbond substituents is 1. The normalized spacial score (nSPS) is 14.6. The third-order valence-corrected chi connectivity index (χ3v) is 6.39. The van der Waals surface area contributed by atoms with Crippen LogP contribution in [0.5, 0.6) is 11.5 Å². The lowest BCUT2D eigenvalue weighted by molar-refractivity contribution is 0.0369. The minimum Gasteiger partial charge on any atom is -0.508 e. The van der Waals surface area contributed by atoms with Crippen molar-refractivity contribution in [3.8, 4) is 22.8 Å². The number of aromatic nitrogens is 1. The molecule has 1 aliphatic heterocycles.